The van der Waals surface area contributed by atoms with Crippen LogP contribution in [0.1, 0.15) is 12.5 Å². The molecule has 0 radical (unpaired) electrons. The van der Waals surface area contributed by atoms with Crippen molar-refractivity contribution >= 4 is 5.96 Å². The second-order valence-corrected chi connectivity index (χ2v) is 5.50. The summed E-state index contributed by atoms with van der Waals surface area (Å²) in [5, 5.41) is 6.63. The topological polar surface area (TPSA) is 50.6 Å². The number of hydrogen-bond acceptors (Lipinski definition) is 2. The number of hydrogen-bond donors (Lipinski definition) is 2. The van der Waals surface area contributed by atoms with Crippen LogP contribution in [-0.4, -0.2) is 36.8 Å². The van der Waals surface area contributed by atoms with Crippen molar-refractivity contribution in [2.75, 3.05) is 26.2 Å². The summed E-state index contributed by atoms with van der Waals surface area (Å²) >= 11 is 0. The van der Waals surface area contributed by atoms with E-state index in [1.807, 2.05) is 36.4 Å². The number of ether oxygens (including phenoxy) is 1. The first-order chi connectivity index (χ1) is 12.3. The van der Waals surface area contributed by atoms with Gasteiger partial charge in [0.2, 0.25) is 0 Å². The van der Waals surface area contributed by atoms with Crippen LogP contribution in [0.3, 0.4) is 0 Å². The van der Waals surface area contributed by atoms with E-state index in [-0.39, 0.29) is 0 Å². The number of benzene rings is 1. The van der Waals surface area contributed by atoms with Crippen LogP contribution in [0.15, 0.2) is 53.8 Å². The summed E-state index contributed by atoms with van der Waals surface area (Å²) in [4.78, 5) is 4.63. The molecule has 132 valence electrons. The highest BCUT2D eigenvalue weighted by Gasteiger charge is 1.98. The van der Waals surface area contributed by atoms with Crippen molar-refractivity contribution in [1.29, 1.82) is 0 Å². The van der Waals surface area contributed by atoms with Crippen molar-refractivity contribution in [1.82, 2.24) is 15.2 Å². The highest BCUT2D eigenvalue weighted by Crippen LogP contribution is 2.12. The lowest BCUT2D eigenvalue weighted by molar-refractivity contribution is 0.370. The van der Waals surface area contributed by atoms with Crippen LogP contribution in [0.5, 0.6) is 5.75 Å². The average molecular weight is 338 g/mol. The van der Waals surface area contributed by atoms with Gasteiger partial charge in [0.05, 0.1) is 0 Å². The van der Waals surface area contributed by atoms with E-state index in [0.29, 0.717) is 6.61 Å². The summed E-state index contributed by atoms with van der Waals surface area (Å²) < 4.78 is 7.51. The van der Waals surface area contributed by atoms with Crippen molar-refractivity contribution in [3.8, 4) is 18.1 Å². The van der Waals surface area contributed by atoms with Gasteiger partial charge in [-0.3, -0.25) is 4.99 Å². The van der Waals surface area contributed by atoms with E-state index >= 15 is 0 Å². The molecule has 0 bridgehead atoms. The Hall–Kier alpha value is -2.87. The summed E-state index contributed by atoms with van der Waals surface area (Å²) in [5.74, 6) is 4.11. The Morgan fingerprint density at radius 2 is 1.96 bits per heavy atom. The smallest absolute Gasteiger partial charge is 0.191 e. The zero-order valence-electron chi connectivity index (χ0n) is 14.7. The monoisotopic (exact) mass is 338 g/mol. The van der Waals surface area contributed by atoms with Gasteiger partial charge in [0.25, 0.3) is 0 Å². The van der Waals surface area contributed by atoms with Gasteiger partial charge in [0.15, 0.2) is 5.96 Å². The first-order valence-corrected chi connectivity index (χ1v) is 8.60. The van der Waals surface area contributed by atoms with E-state index in [2.05, 4.69) is 45.4 Å². The molecule has 2 rings (SSSR count). The number of nitrogens with zero attached hydrogens (tertiary/aromatic N) is 2. The van der Waals surface area contributed by atoms with E-state index in [0.717, 1.165) is 44.3 Å². The Morgan fingerprint density at radius 3 is 2.64 bits per heavy atom. The van der Waals surface area contributed by atoms with Crippen molar-refractivity contribution in [2.24, 2.45) is 4.99 Å². The van der Waals surface area contributed by atoms with Gasteiger partial charge in [-0.05, 0) is 43.2 Å². The summed E-state index contributed by atoms with van der Waals surface area (Å²) in [6.07, 6.45) is 10.2. The molecule has 2 aromatic rings. The quantitative estimate of drug-likeness (QED) is 0.419. The lowest BCUT2D eigenvalue weighted by atomic mass is 10.1. The number of aliphatic imine (C=N–C) groups is 1. The Bertz CT molecular complexity index is 669. The van der Waals surface area contributed by atoms with Crippen molar-refractivity contribution in [2.45, 2.75) is 19.9 Å². The fourth-order valence-electron chi connectivity index (χ4n) is 2.34. The van der Waals surface area contributed by atoms with E-state index in [9.17, 15) is 0 Å². The maximum atomic E-state index is 5.37. The van der Waals surface area contributed by atoms with E-state index in [1.165, 1.54) is 5.56 Å². The second kappa shape index (κ2) is 10.8. The minimum atomic E-state index is 0.296. The van der Waals surface area contributed by atoms with Gasteiger partial charge in [-0.25, -0.2) is 0 Å². The molecule has 2 N–H and O–H groups in total. The number of rotatable bonds is 9. The molecular weight excluding hydrogens is 312 g/mol. The van der Waals surface area contributed by atoms with E-state index in [1.54, 1.807) is 0 Å². The van der Waals surface area contributed by atoms with Gasteiger partial charge < -0.3 is 19.9 Å². The normalized spacial score (nSPS) is 11.0. The predicted octanol–water partition coefficient (Wildman–Crippen LogP) is 2.30. The average Bonchev–Trinajstić information content (AvgIpc) is 3.14. The molecule has 5 heteroatoms. The summed E-state index contributed by atoms with van der Waals surface area (Å²) in [7, 11) is 0. The zero-order chi connectivity index (χ0) is 17.7. The third-order valence-corrected chi connectivity index (χ3v) is 3.59. The standard InChI is InChI=1S/C20H26N4O/c1-3-17-25-19-9-7-18(8-10-19)11-12-22-20(21-4-2)23-13-16-24-14-5-6-15-24/h1,5-10,14-15H,4,11-13,16-17H2,2H3,(H2,21,22,23). The number of guanidine groups is 1. The molecule has 0 atom stereocenters. The number of terminal acetylenes is 1. The molecule has 0 fully saturated rings. The molecule has 0 saturated carbocycles. The van der Waals surface area contributed by atoms with Gasteiger partial charge in [0, 0.05) is 38.6 Å². The van der Waals surface area contributed by atoms with Crippen LogP contribution >= 0.6 is 0 Å². The summed E-state index contributed by atoms with van der Waals surface area (Å²) in [6.45, 7) is 5.68. The first kappa shape index (κ1) is 18.5. The third kappa shape index (κ3) is 7.05. The minimum absolute atomic E-state index is 0.296. The fraction of sp³-hybridized carbons (Fsp3) is 0.350. The molecule has 1 aromatic carbocycles. The van der Waals surface area contributed by atoms with Crippen LogP contribution < -0.4 is 15.4 Å². The lowest BCUT2D eigenvalue weighted by Crippen LogP contribution is -2.39. The third-order valence-electron chi connectivity index (χ3n) is 3.59. The van der Waals surface area contributed by atoms with Gasteiger partial charge in [-0.15, -0.1) is 6.42 Å². The highest BCUT2D eigenvalue weighted by atomic mass is 16.5. The van der Waals surface area contributed by atoms with Gasteiger partial charge in [-0.1, -0.05) is 18.1 Å². The molecule has 0 aliphatic heterocycles. The fourth-order valence-corrected chi connectivity index (χ4v) is 2.34. The molecular formula is C20H26N4O. The maximum absolute atomic E-state index is 5.37. The molecule has 0 aliphatic carbocycles. The summed E-state index contributed by atoms with van der Waals surface area (Å²) in [5.41, 5.74) is 1.22. The molecule has 25 heavy (non-hydrogen) atoms. The molecule has 0 aliphatic rings. The molecule has 5 nitrogen and oxygen atoms in total. The van der Waals surface area contributed by atoms with Crippen molar-refractivity contribution in [3.05, 3.63) is 54.4 Å². The molecule has 0 unspecified atom stereocenters. The van der Waals surface area contributed by atoms with Gasteiger partial charge in [-0.2, -0.15) is 0 Å². The second-order valence-electron chi connectivity index (χ2n) is 5.50. The molecule has 1 heterocycles. The van der Waals surface area contributed by atoms with E-state index < -0.39 is 0 Å². The predicted molar refractivity (Wildman–Crippen MR) is 103 cm³/mol. The molecule has 0 spiro atoms. The number of aromatic nitrogens is 1. The Balaban J connectivity index is 1.76. The highest BCUT2D eigenvalue weighted by molar-refractivity contribution is 5.79. The largest absolute Gasteiger partial charge is 0.481 e. The molecule has 0 amide bonds. The van der Waals surface area contributed by atoms with Crippen molar-refractivity contribution < 1.29 is 4.74 Å². The lowest BCUT2D eigenvalue weighted by Gasteiger charge is -2.11. The molecule has 1 aromatic heterocycles. The molecule has 0 saturated heterocycles. The van der Waals surface area contributed by atoms with Crippen molar-refractivity contribution in [3.63, 3.8) is 0 Å². The SMILES string of the molecule is C#CCOc1ccc(CCN=C(NCC)NCCn2cccc2)cc1. The number of nitrogens with one attached hydrogen (secondary N) is 2. The van der Waals surface area contributed by atoms with Crippen LogP contribution in [0.4, 0.5) is 0 Å². The van der Waals surface area contributed by atoms with Crippen LogP contribution in [0.25, 0.3) is 0 Å². The van der Waals surface area contributed by atoms with Crippen LogP contribution in [0.2, 0.25) is 0 Å². The van der Waals surface area contributed by atoms with E-state index in [4.69, 9.17) is 11.2 Å². The maximum Gasteiger partial charge on any atom is 0.191 e. The minimum Gasteiger partial charge on any atom is -0.481 e. The van der Waals surface area contributed by atoms with Gasteiger partial charge >= 0.3 is 0 Å². The Morgan fingerprint density at radius 1 is 1.20 bits per heavy atom. The zero-order valence-corrected chi connectivity index (χ0v) is 14.7. The Kier molecular flexibility index (Phi) is 7.99. The van der Waals surface area contributed by atoms with Crippen LogP contribution in [-0.2, 0) is 13.0 Å². The Labute approximate surface area is 150 Å². The van der Waals surface area contributed by atoms with Crippen LogP contribution in [0, 0.1) is 12.3 Å². The summed E-state index contributed by atoms with van der Waals surface area (Å²) in [6, 6.07) is 12.0. The first-order valence-electron chi connectivity index (χ1n) is 8.60. The van der Waals surface area contributed by atoms with Gasteiger partial charge in [0.1, 0.15) is 12.4 Å².